The molecule has 2 aromatic rings. The molecule has 0 unspecified atom stereocenters. The number of benzene rings is 1. The molecule has 0 bridgehead atoms. The van der Waals surface area contributed by atoms with Gasteiger partial charge in [-0.3, -0.25) is 19.4 Å². The molecule has 1 aromatic heterocycles. The molecule has 1 aromatic carbocycles. The fraction of sp³-hybridized carbons (Fsp3) is 0.350. The maximum absolute atomic E-state index is 13.4. The second-order valence-electron chi connectivity index (χ2n) is 7.15. The minimum atomic E-state index is -3.05. The van der Waals surface area contributed by atoms with Crippen LogP contribution >= 0.6 is 0 Å². The number of hydrogen-bond acceptors (Lipinski definition) is 6. The highest BCUT2D eigenvalue weighted by atomic mass is 19.3. The van der Waals surface area contributed by atoms with Crippen molar-refractivity contribution >= 4 is 40.6 Å². The Bertz CT molecular complexity index is 1030. The first-order valence-electron chi connectivity index (χ1n) is 9.54. The summed E-state index contributed by atoms with van der Waals surface area (Å²) < 4.78 is 26.9. The molecule has 1 aliphatic heterocycles. The quantitative estimate of drug-likeness (QED) is 0.559. The second kappa shape index (κ2) is 9.13. The number of aldehydes is 1. The number of amides is 3. The van der Waals surface area contributed by atoms with Gasteiger partial charge in [0.05, 0.1) is 36.0 Å². The van der Waals surface area contributed by atoms with Crippen LogP contribution in [0.5, 0.6) is 0 Å². The molecule has 0 saturated carbocycles. The summed E-state index contributed by atoms with van der Waals surface area (Å²) in [5.41, 5.74) is 6.49. The third-order valence-corrected chi connectivity index (χ3v) is 4.81. The Morgan fingerprint density at radius 3 is 2.74 bits per heavy atom. The number of anilines is 1. The van der Waals surface area contributed by atoms with Crippen LogP contribution in [-0.4, -0.2) is 59.1 Å². The number of para-hydroxylation sites is 1. The summed E-state index contributed by atoms with van der Waals surface area (Å²) in [4.78, 5) is 52.3. The van der Waals surface area contributed by atoms with Gasteiger partial charge in [-0.25, -0.2) is 8.78 Å². The van der Waals surface area contributed by atoms with Crippen molar-refractivity contribution in [1.82, 2.24) is 15.2 Å². The molecular formula is C20H21F2N5O4. The first-order chi connectivity index (χ1) is 14.7. The van der Waals surface area contributed by atoms with Crippen molar-refractivity contribution in [3.63, 3.8) is 0 Å². The van der Waals surface area contributed by atoms with Crippen molar-refractivity contribution in [3.05, 3.63) is 36.0 Å². The summed E-state index contributed by atoms with van der Waals surface area (Å²) in [6, 6.07) is 6.29. The number of likely N-dealkylation sites (tertiary alicyclic amines) is 1. The summed E-state index contributed by atoms with van der Waals surface area (Å²) in [6.45, 7) is -1.28. The van der Waals surface area contributed by atoms with Gasteiger partial charge in [-0.1, -0.05) is 12.1 Å². The molecule has 1 aliphatic rings. The van der Waals surface area contributed by atoms with Crippen molar-refractivity contribution in [2.75, 3.05) is 18.4 Å². The molecule has 9 nitrogen and oxygen atoms in total. The standard InChI is InChI=1S/C20H21F2N5O4/c21-20(22)9-15(23)27(11-20)17(30)10-25-19(31)13-6-7-24-18-12(13)3-1-4-14(18)26-16(29)5-2-8-28/h1,3-4,6-8,15H,2,5,9-11,23H2,(H,25,31)(H,26,29)/t15-/m0/s1. The summed E-state index contributed by atoms with van der Waals surface area (Å²) in [5, 5.41) is 5.49. The fourth-order valence-electron chi connectivity index (χ4n) is 3.35. The topological polar surface area (TPSA) is 134 Å². The van der Waals surface area contributed by atoms with E-state index >= 15 is 0 Å². The lowest BCUT2D eigenvalue weighted by molar-refractivity contribution is -0.132. The predicted molar refractivity (Wildman–Crippen MR) is 107 cm³/mol. The molecule has 3 rings (SSSR count). The number of rotatable bonds is 7. The van der Waals surface area contributed by atoms with Crippen molar-refractivity contribution in [1.29, 1.82) is 0 Å². The Labute approximate surface area is 176 Å². The van der Waals surface area contributed by atoms with E-state index in [-0.39, 0.29) is 24.3 Å². The van der Waals surface area contributed by atoms with Gasteiger partial charge in [0.15, 0.2) is 0 Å². The van der Waals surface area contributed by atoms with Crippen LogP contribution < -0.4 is 16.4 Å². The Kier molecular flexibility index (Phi) is 6.54. The number of nitrogens with zero attached hydrogens (tertiary/aromatic N) is 2. The van der Waals surface area contributed by atoms with E-state index in [9.17, 15) is 28.0 Å². The van der Waals surface area contributed by atoms with E-state index in [4.69, 9.17) is 5.73 Å². The number of nitrogens with one attached hydrogen (secondary N) is 2. The maximum Gasteiger partial charge on any atom is 0.268 e. The second-order valence-corrected chi connectivity index (χ2v) is 7.15. The maximum atomic E-state index is 13.4. The van der Waals surface area contributed by atoms with Gasteiger partial charge in [-0.05, 0) is 12.1 Å². The third-order valence-electron chi connectivity index (χ3n) is 4.81. The number of hydrogen-bond donors (Lipinski definition) is 3. The van der Waals surface area contributed by atoms with E-state index in [0.717, 1.165) is 4.90 Å². The molecule has 164 valence electrons. The molecule has 3 amide bonds. The van der Waals surface area contributed by atoms with Gasteiger partial charge in [0.25, 0.3) is 11.8 Å². The van der Waals surface area contributed by atoms with Crippen LogP contribution in [0.1, 0.15) is 29.6 Å². The van der Waals surface area contributed by atoms with E-state index in [2.05, 4.69) is 15.6 Å². The summed E-state index contributed by atoms with van der Waals surface area (Å²) in [7, 11) is 0. The Morgan fingerprint density at radius 1 is 1.29 bits per heavy atom. The lowest BCUT2D eigenvalue weighted by atomic mass is 10.1. The molecule has 31 heavy (non-hydrogen) atoms. The van der Waals surface area contributed by atoms with Gasteiger partial charge in [-0.2, -0.15) is 0 Å². The zero-order chi connectivity index (χ0) is 22.6. The minimum absolute atomic E-state index is 0.0137. The number of pyridine rings is 1. The van der Waals surface area contributed by atoms with E-state index in [1.807, 2.05) is 0 Å². The zero-order valence-electron chi connectivity index (χ0n) is 16.4. The number of halogens is 2. The summed E-state index contributed by atoms with van der Waals surface area (Å²) in [6.07, 6.45) is 0.380. The number of alkyl halides is 2. The Hall–Kier alpha value is -3.47. The predicted octanol–water partition coefficient (Wildman–Crippen LogP) is 1.03. The fourth-order valence-corrected chi connectivity index (χ4v) is 3.35. The van der Waals surface area contributed by atoms with Crippen LogP contribution in [0.2, 0.25) is 0 Å². The van der Waals surface area contributed by atoms with E-state index in [0.29, 0.717) is 22.9 Å². The van der Waals surface area contributed by atoms with Gasteiger partial charge in [-0.15, -0.1) is 0 Å². The number of nitrogens with two attached hydrogens (primary N) is 1. The highest BCUT2D eigenvalue weighted by Gasteiger charge is 2.45. The monoisotopic (exact) mass is 433 g/mol. The molecular weight excluding hydrogens is 412 g/mol. The van der Waals surface area contributed by atoms with Crippen LogP contribution in [0.15, 0.2) is 30.5 Å². The molecule has 0 aliphatic carbocycles. The number of fused-ring (bicyclic) bond motifs is 1. The van der Waals surface area contributed by atoms with Crippen LogP contribution in [0.4, 0.5) is 14.5 Å². The molecule has 2 heterocycles. The molecule has 11 heteroatoms. The average molecular weight is 433 g/mol. The van der Waals surface area contributed by atoms with E-state index in [1.54, 1.807) is 18.2 Å². The SMILES string of the molecule is N[C@@H]1CC(F)(F)CN1C(=O)CNC(=O)c1ccnc2c(NC(=O)CCC=O)cccc12. The van der Waals surface area contributed by atoms with Crippen molar-refractivity contribution in [2.45, 2.75) is 31.4 Å². The van der Waals surface area contributed by atoms with Crippen LogP contribution in [0.25, 0.3) is 10.9 Å². The molecule has 0 radical (unpaired) electrons. The van der Waals surface area contributed by atoms with Gasteiger partial charge in [0.1, 0.15) is 6.29 Å². The summed E-state index contributed by atoms with van der Waals surface area (Å²) in [5.74, 6) is -4.74. The lowest BCUT2D eigenvalue weighted by Crippen LogP contribution is -2.46. The van der Waals surface area contributed by atoms with Crippen molar-refractivity contribution in [2.24, 2.45) is 5.73 Å². The Morgan fingerprint density at radius 2 is 2.06 bits per heavy atom. The molecule has 1 saturated heterocycles. The zero-order valence-corrected chi connectivity index (χ0v) is 16.4. The number of carbonyl (C=O) groups is 4. The van der Waals surface area contributed by atoms with Gasteiger partial charge >= 0.3 is 0 Å². The van der Waals surface area contributed by atoms with Crippen LogP contribution in [0, 0.1) is 0 Å². The largest absolute Gasteiger partial charge is 0.343 e. The highest BCUT2D eigenvalue weighted by molar-refractivity contribution is 6.10. The van der Waals surface area contributed by atoms with Crippen LogP contribution in [0.3, 0.4) is 0 Å². The third kappa shape index (κ3) is 5.18. The minimum Gasteiger partial charge on any atom is -0.343 e. The summed E-state index contributed by atoms with van der Waals surface area (Å²) >= 11 is 0. The van der Waals surface area contributed by atoms with Gasteiger partial charge in [0, 0.05) is 30.8 Å². The molecule has 1 fully saturated rings. The van der Waals surface area contributed by atoms with Crippen LogP contribution in [-0.2, 0) is 14.4 Å². The molecule has 0 spiro atoms. The van der Waals surface area contributed by atoms with E-state index < -0.39 is 43.4 Å². The van der Waals surface area contributed by atoms with Crippen molar-refractivity contribution in [3.8, 4) is 0 Å². The Balaban J connectivity index is 1.73. The van der Waals surface area contributed by atoms with E-state index in [1.165, 1.54) is 12.3 Å². The first-order valence-corrected chi connectivity index (χ1v) is 9.54. The normalized spacial score (nSPS) is 17.4. The smallest absolute Gasteiger partial charge is 0.268 e. The number of aromatic nitrogens is 1. The molecule has 4 N–H and O–H groups in total. The first kappa shape index (κ1) is 22.2. The average Bonchev–Trinajstić information content (AvgIpc) is 3.02. The lowest BCUT2D eigenvalue weighted by Gasteiger charge is -2.20. The number of carbonyl (C=O) groups excluding carboxylic acids is 4. The van der Waals surface area contributed by atoms with Crippen molar-refractivity contribution < 1.29 is 28.0 Å². The van der Waals surface area contributed by atoms with Gasteiger partial charge in [0.2, 0.25) is 11.8 Å². The molecule has 1 atom stereocenters. The van der Waals surface area contributed by atoms with Gasteiger partial charge < -0.3 is 26.1 Å². The highest BCUT2D eigenvalue weighted by Crippen LogP contribution is 2.29.